The van der Waals surface area contributed by atoms with Crippen LogP contribution in [0.25, 0.3) is 0 Å². The first-order chi connectivity index (χ1) is 46.4. The van der Waals surface area contributed by atoms with E-state index in [4.69, 9.17) is 37.0 Å². The highest BCUT2D eigenvalue weighted by molar-refractivity contribution is 7.47. The highest BCUT2D eigenvalue weighted by Gasteiger charge is 2.30. The van der Waals surface area contributed by atoms with Crippen molar-refractivity contribution in [1.82, 2.24) is 0 Å². The molecule has 0 rings (SSSR count). The number of hydrogen-bond donors (Lipinski definition) is 3. The van der Waals surface area contributed by atoms with Crippen LogP contribution in [-0.2, 0) is 65.4 Å². The van der Waals surface area contributed by atoms with Crippen LogP contribution in [0.1, 0.15) is 401 Å². The lowest BCUT2D eigenvalue weighted by Crippen LogP contribution is -2.30. The lowest BCUT2D eigenvalue weighted by molar-refractivity contribution is -0.161. The van der Waals surface area contributed by atoms with Crippen molar-refractivity contribution in [3.05, 3.63) is 0 Å². The zero-order valence-corrected chi connectivity index (χ0v) is 64.5. The molecule has 0 aromatic heterocycles. The first kappa shape index (κ1) is 94.1. The van der Waals surface area contributed by atoms with Crippen molar-refractivity contribution in [2.75, 3.05) is 39.6 Å². The maximum atomic E-state index is 13.1. The number of rotatable bonds is 76. The molecule has 0 saturated heterocycles. The molecule has 96 heavy (non-hydrogen) atoms. The second-order valence-electron chi connectivity index (χ2n) is 28.5. The van der Waals surface area contributed by atoms with Gasteiger partial charge in [0, 0.05) is 25.7 Å². The first-order valence-corrected chi connectivity index (χ1v) is 43.0. The predicted molar refractivity (Wildman–Crippen MR) is 391 cm³/mol. The molecule has 0 amide bonds. The molecule has 0 aromatic rings. The Bertz CT molecular complexity index is 1860. The van der Waals surface area contributed by atoms with Crippen molar-refractivity contribution >= 4 is 39.5 Å². The van der Waals surface area contributed by atoms with E-state index >= 15 is 0 Å². The van der Waals surface area contributed by atoms with E-state index in [9.17, 15) is 43.2 Å². The van der Waals surface area contributed by atoms with E-state index in [0.717, 1.165) is 102 Å². The SMILES string of the molecule is CCCCCCCCCCCCCCCCCCCC(=O)O[C@H](COC(=O)CCCCCCCCCCCCCCCC(C)C)COP(=O)(O)OC[C@@H](O)COP(=O)(O)OC[C@@H](COC(=O)CCCCCCCCCCC)OC(=O)CCCCCCCCCCCCC(C)CC. The molecule has 0 saturated carbocycles. The molecule has 0 aromatic carbocycles. The number of phosphoric ester groups is 2. The van der Waals surface area contributed by atoms with Gasteiger partial charge in [0.1, 0.15) is 19.3 Å². The number of esters is 4. The molecule has 6 atom stereocenters. The fourth-order valence-electron chi connectivity index (χ4n) is 11.8. The number of ether oxygens (including phenoxy) is 4. The Balaban J connectivity index is 5.24. The average Bonchev–Trinajstić information content (AvgIpc) is 2.21. The fourth-order valence-corrected chi connectivity index (χ4v) is 13.4. The molecule has 3 N–H and O–H groups in total. The van der Waals surface area contributed by atoms with Crippen molar-refractivity contribution in [3.63, 3.8) is 0 Å². The lowest BCUT2D eigenvalue weighted by Gasteiger charge is -2.21. The lowest BCUT2D eigenvalue weighted by atomic mass is 9.99. The van der Waals surface area contributed by atoms with Crippen LogP contribution in [0.15, 0.2) is 0 Å². The smallest absolute Gasteiger partial charge is 0.462 e. The van der Waals surface area contributed by atoms with Gasteiger partial charge in [0.05, 0.1) is 26.4 Å². The number of aliphatic hydroxyl groups is 1. The molecule has 0 spiro atoms. The Morgan fingerprint density at radius 3 is 0.792 bits per heavy atom. The van der Waals surface area contributed by atoms with E-state index in [1.54, 1.807) is 0 Å². The third-order valence-corrected chi connectivity index (χ3v) is 20.2. The van der Waals surface area contributed by atoms with Crippen LogP contribution in [0.4, 0.5) is 0 Å². The van der Waals surface area contributed by atoms with Gasteiger partial charge in [-0.15, -0.1) is 0 Å². The van der Waals surface area contributed by atoms with Crippen molar-refractivity contribution in [2.24, 2.45) is 11.8 Å². The topological polar surface area (TPSA) is 237 Å². The summed E-state index contributed by atoms with van der Waals surface area (Å²) in [5.41, 5.74) is 0. The molecular formula is C77H150O17P2. The van der Waals surface area contributed by atoms with Gasteiger partial charge in [-0.2, -0.15) is 0 Å². The number of carbonyl (C=O) groups is 4. The quantitative estimate of drug-likeness (QED) is 0.0222. The van der Waals surface area contributed by atoms with Crippen molar-refractivity contribution < 1.29 is 80.2 Å². The summed E-state index contributed by atoms with van der Waals surface area (Å²) in [5, 5.41) is 10.6. The van der Waals surface area contributed by atoms with E-state index in [1.165, 1.54) is 218 Å². The van der Waals surface area contributed by atoms with Gasteiger partial charge in [-0.3, -0.25) is 37.3 Å². The van der Waals surface area contributed by atoms with Gasteiger partial charge in [0.2, 0.25) is 0 Å². The third kappa shape index (κ3) is 69.2. The van der Waals surface area contributed by atoms with Gasteiger partial charge in [-0.05, 0) is 37.5 Å². The molecule has 0 aliphatic rings. The van der Waals surface area contributed by atoms with E-state index in [2.05, 4.69) is 41.5 Å². The molecule has 17 nitrogen and oxygen atoms in total. The maximum Gasteiger partial charge on any atom is 0.472 e. The normalized spacial score (nSPS) is 14.3. The summed E-state index contributed by atoms with van der Waals surface area (Å²) in [6.07, 6.45) is 56.7. The van der Waals surface area contributed by atoms with Gasteiger partial charge in [-0.25, -0.2) is 9.13 Å². The Morgan fingerprint density at radius 2 is 0.531 bits per heavy atom. The van der Waals surface area contributed by atoms with Crippen molar-refractivity contribution in [3.8, 4) is 0 Å². The van der Waals surface area contributed by atoms with Crippen LogP contribution in [0, 0.1) is 11.8 Å². The Hall–Kier alpha value is -1.94. The summed E-state index contributed by atoms with van der Waals surface area (Å²) in [7, 11) is -9.91. The second kappa shape index (κ2) is 68.8. The molecule has 570 valence electrons. The summed E-state index contributed by atoms with van der Waals surface area (Å²) in [6.45, 7) is 9.64. The van der Waals surface area contributed by atoms with Crippen molar-refractivity contribution in [2.45, 2.75) is 419 Å². The molecule has 0 bridgehead atoms. The standard InChI is InChI=1S/C77H150O17P2/c1-7-10-12-14-16-18-19-20-21-22-23-26-30-37-43-49-55-61-76(81)93-73(66-88-75(80)60-54-48-42-36-29-27-24-25-28-34-39-45-51-57-69(4)5)68-92-96(85,86)90-64-71(78)63-89-95(83,84)91-67-72(65-87-74(79)59-53-47-41-33-17-15-13-11-8-2)94-77(82)62-56-50-44-38-32-31-35-40-46-52-58-70(6)9-3/h69-73,78H,7-68H2,1-6H3,(H,83,84)(H,85,86)/t70?,71-,72+,73+/m0/s1. The second-order valence-corrected chi connectivity index (χ2v) is 31.4. The summed E-state index contributed by atoms with van der Waals surface area (Å²) < 4.78 is 68.6. The van der Waals surface area contributed by atoms with Crippen LogP contribution in [0.3, 0.4) is 0 Å². The number of carbonyl (C=O) groups excluding carboxylic acids is 4. The van der Waals surface area contributed by atoms with E-state index < -0.39 is 97.5 Å². The van der Waals surface area contributed by atoms with E-state index in [-0.39, 0.29) is 25.7 Å². The molecule has 0 aliphatic carbocycles. The number of unbranched alkanes of at least 4 members (excludes halogenated alkanes) is 45. The van der Waals surface area contributed by atoms with Gasteiger partial charge in [0.15, 0.2) is 12.2 Å². The third-order valence-electron chi connectivity index (χ3n) is 18.3. The zero-order chi connectivity index (χ0) is 70.7. The van der Waals surface area contributed by atoms with Crippen LogP contribution in [0.2, 0.25) is 0 Å². The molecule has 0 heterocycles. The van der Waals surface area contributed by atoms with Crippen LogP contribution in [-0.4, -0.2) is 96.7 Å². The Labute approximate surface area is 588 Å². The van der Waals surface area contributed by atoms with E-state index in [1.807, 2.05) is 0 Å². The van der Waals surface area contributed by atoms with E-state index in [0.29, 0.717) is 25.7 Å². The minimum absolute atomic E-state index is 0.106. The van der Waals surface area contributed by atoms with Crippen LogP contribution < -0.4 is 0 Å². The number of hydrogen-bond acceptors (Lipinski definition) is 15. The molecule has 3 unspecified atom stereocenters. The summed E-state index contributed by atoms with van der Waals surface area (Å²) in [4.78, 5) is 72.8. The average molecular weight is 1410 g/mol. The van der Waals surface area contributed by atoms with Gasteiger partial charge < -0.3 is 33.8 Å². The largest absolute Gasteiger partial charge is 0.472 e. The maximum absolute atomic E-state index is 13.1. The van der Waals surface area contributed by atoms with Crippen molar-refractivity contribution in [1.29, 1.82) is 0 Å². The van der Waals surface area contributed by atoms with Crippen LogP contribution in [0.5, 0.6) is 0 Å². The Morgan fingerprint density at radius 1 is 0.302 bits per heavy atom. The predicted octanol–water partition coefficient (Wildman–Crippen LogP) is 22.7. The zero-order valence-electron chi connectivity index (χ0n) is 62.7. The van der Waals surface area contributed by atoms with Crippen LogP contribution >= 0.6 is 15.6 Å². The van der Waals surface area contributed by atoms with Gasteiger partial charge in [-0.1, -0.05) is 350 Å². The number of phosphoric acid groups is 2. The van der Waals surface area contributed by atoms with Gasteiger partial charge in [0.25, 0.3) is 0 Å². The molecule has 0 radical (unpaired) electrons. The monoisotopic (exact) mass is 1410 g/mol. The highest BCUT2D eigenvalue weighted by Crippen LogP contribution is 2.45. The molecule has 0 fully saturated rings. The van der Waals surface area contributed by atoms with Gasteiger partial charge >= 0.3 is 39.5 Å². The fraction of sp³-hybridized carbons (Fsp3) is 0.948. The summed E-state index contributed by atoms with van der Waals surface area (Å²) in [5.74, 6) is -0.519. The molecule has 0 aliphatic heterocycles. The highest BCUT2D eigenvalue weighted by atomic mass is 31.2. The summed E-state index contributed by atoms with van der Waals surface area (Å²) >= 11 is 0. The number of aliphatic hydroxyl groups excluding tert-OH is 1. The minimum Gasteiger partial charge on any atom is -0.462 e. The summed E-state index contributed by atoms with van der Waals surface area (Å²) in [6, 6.07) is 0. The molecule has 19 heteroatoms. The minimum atomic E-state index is -4.96. The Kier molecular flexibility index (Phi) is 67.4. The molecular weight excluding hydrogens is 1260 g/mol. The first-order valence-electron chi connectivity index (χ1n) is 40.0.